The summed E-state index contributed by atoms with van der Waals surface area (Å²) in [5, 5.41) is 14.0. The van der Waals surface area contributed by atoms with Crippen molar-refractivity contribution in [2.24, 2.45) is 0 Å². The number of carboxylic acids is 1. The highest BCUT2D eigenvalue weighted by molar-refractivity contribution is 5.94. The van der Waals surface area contributed by atoms with E-state index >= 15 is 0 Å². The normalized spacial score (nSPS) is 12.7. The molecule has 0 radical (unpaired) electrons. The first-order chi connectivity index (χ1) is 16.5. The van der Waals surface area contributed by atoms with Crippen molar-refractivity contribution in [2.45, 2.75) is 24.9 Å². The third-order valence-corrected chi connectivity index (χ3v) is 5.56. The predicted octanol–water partition coefficient (Wildman–Crippen LogP) is 3.52. The van der Waals surface area contributed by atoms with Crippen molar-refractivity contribution in [3.05, 3.63) is 83.3 Å². The van der Waals surface area contributed by atoms with Crippen molar-refractivity contribution < 1.29 is 28.6 Å². The molecule has 1 heterocycles. The summed E-state index contributed by atoms with van der Waals surface area (Å²) in [6.07, 6.45) is 4.35. The second-order valence-corrected chi connectivity index (χ2v) is 7.72. The Balaban J connectivity index is 1.31. The highest BCUT2D eigenvalue weighted by Crippen LogP contribution is 2.44. The molecule has 2 amide bonds. The van der Waals surface area contributed by atoms with Crippen molar-refractivity contribution >= 4 is 18.0 Å². The number of nitrogens with one attached hydrogen (secondary N) is 2. The number of rotatable bonds is 8. The van der Waals surface area contributed by atoms with Gasteiger partial charge in [0.1, 0.15) is 18.4 Å². The minimum absolute atomic E-state index is 0.00330. The lowest BCUT2D eigenvalue weighted by Crippen LogP contribution is -2.40. The molecule has 0 aliphatic heterocycles. The minimum Gasteiger partial charge on any atom is -0.480 e. The van der Waals surface area contributed by atoms with Gasteiger partial charge in [0, 0.05) is 12.3 Å². The maximum atomic E-state index is 12.3. The van der Waals surface area contributed by atoms with Gasteiger partial charge in [0.15, 0.2) is 5.76 Å². The number of carboxylic acid groups (broad SMARTS) is 1. The molecule has 172 valence electrons. The van der Waals surface area contributed by atoms with Gasteiger partial charge in [0.2, 0.25) is 0 Å². The van der Waals surface area contributed by atoms with E-state index in [4.69, 9.17) is 20.7 Å². The third kappa shape index (κ3) is 4.79. The molecule has 3 aromatic rings. The number of hydrogen-bond acceptors (Lipinski definition) is 5. The second kappa shape index (κ2) is 9.96. The fourth-order valence-corrected chi connectivity index (χ4v) is 3.95. The number of carbonyl (C=O) groups is 3. The Bertz CT molecular complexity index is 1230. The van der Waals surface area contributed by atoms with E-state index in [1.54, 1.807) is 0 Å². The summed E-state index contributed by atoms with van der Waals surface area (Å²) in [6, 6.07) is 17.8. The van der Waals surface area contributed by atoms with E-state index in [1.165, 1.54) is 12.1 Å². The van der Waals surface area contributed by atoms with E-state index in [9.17, 15) is 14.4 Å². The van der Waals surface area contributed by atoms with Gasteiger partial charge in [-0.2, -0.15) is 0 Å². The smallest absolute Gasteiger partial charge is 0.407 e. The van der Waals surface area contributed by atoms with Crippen LogP contribution >= 0.6 is 0 Å². The molecule has 1 atom stereocenters. The monoisotopic (exact) mass is 458 g/mol. The van der Waals surface area contributed by atoms with Gasteiger partial charge >= 0.3 is 12.1 Å². The second-order valence-electron chi connectivity index (χ2n) is 7.72. The van der Waals surface area contributed by atoms with Crippen LogP contribution < -0.4 is 10.6 Å². The summed E-state index contributed by atoms with van der Waals surface area (Å²) in [6.45, 7) is 0.175. The number of carbonyl (C=O) groups excluding carboxylic acids is 2. The van der Waals surface area contributed by atoms with E-state index in [0.717, 1.165) is 22.3 Å². The van der Waals surface area contributed by atoms with Crippen molar-refractivity contribution in [1.29, 1.82) is 0 Å². The van der Waals surface area contributed by atoms with E-state index < -0.39 is 24.0 Å². The molecule has 34 heavy (non-hydrogen) atoms. The highest BCUT2D eigenvalue weighted by Gasteiger charge is 2.29. The Morgan fingerprint density at radius 1 is 1.03 bits per heavy atom. The van der Waals surface area contributed by atoms with E-state index in [1.807, 2.05) is 36.4 Å². The van der Waals surface area contributed by atoms with Gasteiger partial charge in [-0.3, -0.25) is 4.79 Å². The van der Waals surface area contributed by atoms with Crippen LogP contribution in [-0.4, -0.2) is 35.7 Å². The molecule has 1 aliphatic carbocycles. The number of fused-ring (bicyclic) bond motifs is 3. The first kappa shape index (κ1) is 22.7. The van der Waals surface area contributed by atoms with Crippen molar-refractivity contribution in [1.82, 2.24) is 10.6 Å². The Hall–Kier alpha value is -4.51. The van der Waals surface area contributed by atoms with Crippen LogP contribution in [0.25, 0.3) is 11.1 Å². The Morgan fingerprint density at radius 2 is 1.68 bits per heavy atom. The zero-order valence-electron chi connectivity index (χ0n) is 18.1. The molecule has 0 saturated heterocycles. The quantitative estimate of drug-likeness (QED) is 0.445. The van der Waals surface area contributed by atoms with Crippen LogP contribution in [0.1, 0.15) is 39.8 Å². The molecule has 1 unspecified atom stereocenters. The van der Waals surface area contributed by atoms with Crippen LogP contribution in [0.2, 0.25) is 0 Å². The maximum Gasteiger partial charge on any atom is 0.407 e. The third-order valence-electron chi connectivity index (χ3n) is 5.56. The van der Waals surface area contributed by atoms with E-state index in [-0.39, 0.29) is 31.3 Å². The van der Waals surface area contributed by atoms with Gasteiger partial charge in [-0.05, 0) is 34.4 Å². The summed E-state index contributed by atoms with van der Waals surface area (Å²) in [7, 11) is 0. The van der Waals surface area contributed by atoms with E-state index in [2.05, 4.69) is 28.7 Å². The number of furan rings is 1. The van der Waals surface area contributed by atoms with Crippen LogP contribution in [0, 0.1) is 12.3 Å². The Morgan fingerprint density at radius 3 is 2.29 bits per heavy atom. The first-order valence-corrected chi connectivity index (χ1v) is 10.6. The number of terminal acetylenes is 1. The Kier molecular flexibility index (Phi) is 6.64. The van der Waals surface area contributed by atoms with Gasteiger partial charge < -0.3 is 24.9 Å². The van der Waals surface area contributed by atoms with Crippen molar-refractivity contribution in [3.8, 4) is 23.5 Å². The lowest BCUT2D eigenvalue weighted by molar-refractivity contribution is -0.139. The topological polar surface area (TPSA) is 118 Å². The fraction of sp³-hybridized carbons (Fsp3) is 0.192. The summed E-state index contributed by atoms with van der Waals surface area (Å²) in [5.74, 6) is 0.410. The molecule has 2 aromatic carbocycles. The van der Waals surface area contributed by atoms with Crippen LogP contribution in [0.3, 0.4) is 0 Å². The molecule has 1 aliphatic rings. The lowest BCUT2D eigenvalue weighted by Gasteiger charge is -2.14. The number of aliphatic carboxylic acids is 1. The fourth-order valence-electron chi connectivity index (χ4n) is 3.95. The van der Waals surface area contributed by atoms with Crippen LogP contribution in [0.5, 0.6) is 0 Å². The average molecular weight is 458 g/mol. The summed E-state index contributed by atoms with van der Waals surface area (Å²) in [4.78, 5) is 35.6. The molecule has 8 heteroatoms. The zero-order chi connectivity index (χ0) is 24.1. The number of ether oxygens (including phenoxy) is 1. The molecule has 0 spiro atoms. The lowest BCUT2D eigenvalue weighted by atomic mass is 9.98. The molecule has 0 fully saturated rings. The first-order valence-electron chi connectivity index (χ1n) is 10.6. The number of amides is 2. The summed E-state index contributed by atoms with van der Waals surface area (Å²) >= 11 is 0. The van der Waals surface area contributed by atoms with Gasteiger partial charge in [-0.25, -0.2) is 9.59 Å². The molecule has 0 bridgehead atoms. The molecule has 1 aromatic heterocycles. The SMILES string of the molecule is C#CCC(NC(=O)c1ccc(CNC(=O)OCC2c3ccccc3-c3ccccc32)o1)C(=O)O. The standard InChI is InChI=1S/C26H22N2O6/c1-2-7-22(25(30)31)28-24(29)23-13-12-16(34-23)14-27-26(32)33-15-21-19-10-5-3-8-17(19)18-9-4-6-11-20(18)21/h1,3-6,8-13,21-22H,7,14-15H2,(H,27,32)(H,28,29)(H,30,31). The number of alkyl carbamates (subject to hydrolysis) is 1. The molecule has 0 saturated carbocycles. The van der Waals surface area contributed by atoms with Gasteiger partial charge in [-0.15, -0.1) is 12.3 Å². The van der Waals surface area contributed by atoms with Gasteiger partial charge in [0.25, 0.3) is 5.91 Å². The summed E-state index contributed by atoms with van der Waals surface area (Å²) < 4.78 is 10.9. The number of hydrogen-bond donors (Lipinski definition) is 3. The minimum atomic E-state index is -1.24. The zero-order valence-corrected chi connectivity index (χ0v) is 18.1. The maximum absolute atomic E-state index is 12.3. The van der Waals surface area contributed by atoms with Crippen molar-refractivity contribution in [3.63, 3.8) is 0 Å². The van der Waals surface area contributed by atoms with Crippen LogP contribution in [-0.2, 0) is 16.1 Å². The summed E-state index contributed by atoms with van der Waals surface area (Å²) in [5.41, 5.74) is 4.51. The Labute approximate surface area is 195 Å². The predicted molar refractivity (Wildman–Crippen MR) is 123 cm³/mol. The van der Waals surface area contributed by atoms with Crippen molar-refractivity contribution in [2.75, 3.05) is 6.61 Å². The molecule has 8 nitrogen and oxygen atoms in total. The van der Waals surface area contributed by atoms with E-state index in [0.29, 0.717) is 5.76 Å². The van der Waals surface area contributed by atoms with Crippen LogP contribution in [0.15, 0.2) is 65.1 Å². The average Bonchev–Trinajstić information content (AvgIpc) is 3.44. The molecular formula is C26H22N2O6. The highest BCUT2D eigenvalue weighted by atomic mass is 16.5. The molecular weight excluding hydrogens is 436 g/mol. The van der Waals surface area contributed by atoms with Gasteiger partial charge in [0.05, 0.1) is 6.54 Å². The van der Waals surface area contributed by atoms with Crippen LogP contribution in [0.4, 0.5) is 4.79 Å². The molecule has 4 rings (SSSR count). The largest absolute Gasteiger partial charge is 0.480 e. The molecule has 3 N–H and O–H groups in total. The number of benzene rings is 2. The van der Waals surface area contributed by atoms with Gasteiger partial charge in [-0.1, -0.05) is 48.5 Å².